The van der Waals surface area contributed by atoms with E-state index in [0.29, 0.717) is 30.6 Å². The van der Waals surface area contributed by atoms with Crippen LogP contribution in [0.1, 0.15) is 30.6 Å². The van der Waals surface area contributed by atoms with Crippen LogP contribution in [0.5, 0.6) is 0 Å². The lowest BCUT2D eigenvalue weighted by atomic mass is 9.85. The lowest BCUT2D eigenvalue weighted by Gasteiger charge is -2.40. The van der Waals surface area contributed by atoms with E-state index < -0.39 is 29.6 Å². The molecule has 2 aromatic heterocycles. The van der Waals surface area contributed by atoms with Crippen molar-refractivity contribution in [3.05, 3.63) is 47.2 Å². The number of piperidine rings is 1. The Hall–Kier alpha value is -3.82. The van der Waals surface area contributed by atoms with Crippen molar-refractivity contribution in [3.63, 3.8) is 0 Å². The highest BCUT2D eigenvalue weighted by Gasteiger charge is 2.41. The molecule has 1 saturated heterocycles. The topological polar surface area (TPSA) is 90.9 Å². The zero-order chi connectivity index (χ0) is 25.8. The molecule has 0 radical (unpaired) electrons. The van der Waals surface area contributed by atoms with Gasteiger partial charge in [-0.2, -0.15) is 18.4 Å². The molecule has 188 valence electrons. The van der Waals surface area contributed by atoms with Crippen LogP contribution in [-0.4, -0.2) is 50.2 Å². The number of amides is 1. The Morgan fingerprint density at radius 2 is 1.89 bits per heavy atom. The smallest absolute Gasteiger partial charge is 0.370 e. The van der Waals surface area contributed by atoms with Gasteiger partial charge in [0.05, 0.1) is 23.3 Å². The quantitative estimate of drug-likeness (QED) is 0.496. The van der Waals surface area contributed by atoms with Crippen LogP contribution >= 0.6 is 0 Å². The van der Waals surface area contributed by atoms with Crippen molar-refractivity contribution in [1.82, 2.24) is 24.6 Å². The number of pyridine rings is 1. The molecule has 2 aliphatic rings. The number of hydrogen-bond donors (Lipinski definition) is 0. The van der Waals surface area contributed by atoms with Crippen LogP contribution in [0.25, 0.3) is 10.9 Å². The maximum Gasteiger partial charge on any atom is 0.451 e. The minimum atomic E-state index is -4.62. The number of fused-ring (bicyclic) bond motifs is 2. The first-order chi connectivity index (χ1) is 17.1. The van der Waals surface area contributed by atoms with E-state index in [1.54, 1.807) is 0 Å². The third-order valence-electron chi connectivity index (χ3n) is 6.86. The van der Waals surface area contributed by atoms with Gasteiger partial charge in [-0.15, -0.1) is 10.2 Å². The SMILES string of the molecule is CC1CN(c2c(C#N)cnc3cc(F)c(F)cc23)CCC1C(=O)N1CCn2c(nnc2C(F)(F)F)C1. The molecule has 0 aliphatic carbocycles. The molecule has 2 unspecified atom stereocenters. The zero-order valence-corrected chi connectivity index (χ0v) is 19.1. The van der Waals surface area contributed by atoms with Gasteiger partial charge in [-0.3, -0.25) is 9.78 Å². The Bertz CT molecular complexity index is 1400. The number of benzene rings is 1. The normalized spacial score (nSPS) is 20.4. The van der Waals surface area contributed by atoms with Crippen LogP contribution in [0.4, 0.5) is 27.6 Å². The van der Waals surface area contributed by atoms with Gasteiger partial charge in [-0.05, 0) is 18.4 Å². The van der Waals surface area contributed by atoms with E-state index >= 15 is 0 Å². The molecular formula is C23H20F5N7O. The van der Waals surface area contributed by atoms with Crippen LogP contribution in [0.3, 0.4) is 0 Å². The first kappa shape index (κ1) is 23.9. The van der Waals surface area contributed by atoms with Gasteiger partial charge < -0.3 is 14.4 Å². The zero-order valence-electron chi connectivity index (χ0n) is 19.1. The van der Waals surface area contributed by atoms with Crippen molar-refractivity contribution in [3.8, 4) is 6.07 Å². The molecule has 0 saturated carbocycles. The molecule has 0 spiro atoms. The van der Waals surface area contributed by atoms with E-state index in [9.17, 15) is 32.0 Å². The van der Waals surface area contributed by atoms with Gasteiger partial charge in [0.2, 0.25) is 11.7 Å². The summed E-state index contributed by atoms with van der Waals surface area (Å²) in [5.41, 5.74) is 0.857. The van der Waals surface area contributed by atoms with Crippen LogP contribution in [-0.2, 0) is 24.1 Å². The summed E-state index contributed by atoms with van der Waals surface area (Å²) in [5.74, 6) is -3.84. The summed E-state index contributed by atoms with van der Waals surface area (Å²) in [6.07, 6.45) is -2.89. The summed E-state index contributed by atoms with van der Waals surface area (Å²) < 4.78 is 68.1. The predicted octanol–water partition coefficient (Wildman–Crippen LogP) is 3.50. The van der Waals surface area contributed by atoms with E-state index in [1.165, 1.54) is 11.1 Å². The Kier molecular flexibility index (Phi) is 5.77. The van der Waals surface area contributed by atoms with E-state index in [-0.39, 0.29) is 48.4 Å². The molecule has 5 rings (SSSR count). The highest BCUT2D eigenvalue weighted by Crippen LogP contribution is 2.36. The summed E-state index contributed by atoms with van der Waals surface area (Å²) in [7, 11) is 0. The van der Waals surface area contributed by atoms with Crippen LogP contribution in [0.15, 0.2) is 18.3 Å². The Morgan fingerprint density at radius 3 is 2.58 bits per heavy atom. The molecule has 1 aromatic carbocycles. The number of nitrogens with zero attached hydrogens (tertiary/aromatic N) is 7. The van der Waals surface area contributed by atoms with Crippen LogP contribution in [0.2, 0.25) is 0 Å². The molecule has 36 heavy (non-hydrogen) atoms. The molecule has 2 atom stereocenters. The van der Waals surface area contributed by atoms with Gasteiger partial charge >= 0.3 is 6.18 Å². The standard InChI is InChI=1S/C23H20F5N7O/c1-12-10-33(20-13(8-29)9-30-18-7-17(25)16(24)6-15(18)20)3-2-14(12)21(36)34-4-5-35-19(11-34)31-32-22(35)23(26,27)28/h6-7,9,12,14H,2-5,10-11H2,1H3. The number of nitriles is 1. The van der Waals surface area contributed by atoms with E-state index in [1.807, 2.05) is 11.8 Å². The molecule has 1 fully saturated rings. The molecule has 0 bridgehead atoms. The molecule has 4 heterocycles. The van der Waals surface area contributed by atoms with Crippen molar-refractivity contribution >= 4 is 22.5 Å². The lowest BCUT2D eigenvalue weighted by molar-refractivity contribution is -0.148. The van der Waals surface area contributed by atoms with Crippen LogP contribution in [0, 0.1) is 34.8 Å². The Labute approximate surface area is 201 Å². The second kappa shape index (κ2) is 8.69. The summed E-state index contributed by atoms with van der Waals surface area (Å²) in [5, 5.41) is 16.8. The number of carbonyl (C=O) groups excluding carboxylic acids is 1. The number of hydrogen-bond acceptors (Lipinski definition) is 6. The number of halogens is 5. The third kappa shape index (κ3) is 4.00. The van der Waals surface area contributed by atoms with Crippen LogP contribution < -0.4 is 4.90 Å². The fraction of sp³-hybridized carbons (Fsp3) is 0.435. The summed E-state index contributed by atoms with van der Waals surface area (Å²) >= 11 is 0. The Balaban J connectivity index is 1.35. The van der Waals surface area contributed by atoms with Gasteiger partial charge in [-0.1, -0.05) is 6.92 Å². The third-order valence-corrected chi connectivity index (χ3v) is 6.86. The number of carbonyl (C=O) groups is 1. The first-order valence-corrected chi connectivity index (χ1v) is 11.3. The summed E-state index contributed by atoms with van der Waals surface area (Å²) in [6, 6.07) is 4.05. The van der Waals surface area contributed by atoms with Gasteiger partial charge in [0.15, 0.2) is 17.5 Å². The monoisotopic (exact) mass is 505 g/mol. The molecule has 8 nitrogen and oxygen atoms in total. The predicted molar refractivity (Wildman–Crippen MR) is 116 cm³/mol. The fourth-order valence-electron chi connectivity index (χ4n) is 5.10. The van der Waals surface area contributed by atoms with Gasteiger partial charge in [0, 0.05) is 49.7 Å². The number of rotatable bonds is 2. The number of aromatic nitrogens is 4. The second-order valence-electron chi connectivity index (χ2n) is 9.08. The molecule has 13 heteroatoms. The maximum absolute atomic E-state index is 14.0. The van der Waals surface area contributed by atoms with Gasteiger partial charge in [0.1, 0.15) is 6.07 Å². The van der Waals surface area contributed by atoms with E-state index in [4.69, 9.17) is 0 Å². The Morgan fingerprint density at radius 1 is 1.14 bits per heavy atom. The van der Waals surface area contributed by atoms with Gasteiger partial charge in [-0.25, -0.2) is 8.78 Å². The number of anilines is 1. The minimum absolute atomic E-state index is 0.0488. The number of alkyl halides is 3. The average Bonchev–Trinajstić information content (AvgIpc) is 3.27. The molecule has 2 aliphatic heterocycles. The van der Waals surface area contributed by atoms with E-state index in [0.717, 1.165) is 16.7 Å². The molecule has 0 N–H and O–H groups in total. The van der Waals surface area contributed by atoms with Gasteiger partial charge in [0.25, 0.3) is 0 Å². The second-order valence-corrected chi connectivity index (χ2v) is 9.08. The molecule has 3 aromatic rings. The van der Waals surface area contributed by atoms with Crippen molar-refractivity contribution in [1.29, 1.82) is 5.26 Å². The maximum atomic E-state index is 14.0. The summed E-state index contributed by atoms with van der Waals surface area (Å²) in [4.78, 5) is 20.8. The van der Waals surface area contributed by atoms with Crippen molar-refractivity contribution < 1.29 is 26.7 Å². The van der Waals surface area contributed by atoms with Crippen molar-refractivity contribution in [2.75, 3.05) is 24.5 Å². The van der Waals surface area contributed by atoms with E-state index in [2.05, 4.69) is 21.3 Å². The molecule has 1 amide bonds. The summed E-state index contributed by atoms with van der Waals surface area (Å²) in [6.45, 7) is 2.61. The largest absolute Gasteiger partial charge is 0.451 e. The first-order valence-electron chi connectivity index (χ1n) is 11.3. The lowest BCUT2D eigenvalue weighted by Crippen LogP contribution is -2.49. The minimum Gasteiger partial charge on any atom is -0.370 e. The fourth-order valence-corrected chi connectivity index (χ4v) is 5.10. The highest BCUT2D eigenvalue weighted by atomic mass is 19.4. The van der Waals surface area contributed by atoms with Crippen molar-refractivity contribution in [2.24, 2.45) is 11.8 Å². The molecular weight excluding hydrogens is 485 g/mol. The van der Waals surface area contributed by atoms with Crippen molar-refractivity contribution in [2.45, 2.75) is 32.6 Å². The average molecular weight is 505 g/mol. The highest BCUT2D eigenvalue weighted by molar-refractivity contribution is 5.94.